The van der Waals surface area contributed by atoms with E-state index in [1.807, 2.05) is 0 Å². The lowest BCUT2D eigenvalue weighted by atomic mass is 10.1. The zero-order valence-corrected chi connectivity index (χ0v) is 20.2. The van der Waals surface area contributed by atoms with Crippen LogP contribution in [0.15, 0.2) is 34.3 Å². The highest BCUT2D eigenvalue weighted by Crippen LogP contribution is 2.31. The zero-order valence-electron chi connectivity index (χ0n) is 17.8. The summed E-state index contributed by atoms with van der Waals surface area (Å²) in [5, 5.41) is 22.9. The number of pyridine rings is 1. The van der Waals surface area contributed by atoms with E-state index >= 15 is 0 Å². The van der Waals surface area contributed by atoms with Crippen molar-refractivity contribution in [2.75, 3.05) is 6.54 Å². The first-order valence-corrected chi connectivity index (χ1v) is 10.5. The van der Waals surface area contributed by atoms with Crippen LogP contribution >= 0.6 is 24.0 Å². The minimum absolute atomic E-state index is 0. The lowest BCUT2D eigenvalue weighted by Crippen LogP contribution is -2.26. The first-order valence-electron chi connectivity index (χ1n) is 8.67. The molecule has 0 spiro atoms. The quantitative estimate of drug-likeness (QED) is 0.171. The first kappa shape index (κ1) is 34.6. The number of nitrogens with zero attached hydrogens (tertiary/aromatic N) is 2. The number of carbonyl (C=O) groups is 2. The largest absolute Gasteiger partial charge is 0.490 e. The molecule has 2 aromatic rings. The van der Waals surface area contributed by atoms with Crippen LogP contribution in [0.2, 0.25) is 5.02 Å². The Labute approximate surface area is 212 Å². The van der Waals surface area contributed by atoms with Crippen molar-refractivity contribution in [3.8, 4) is 0 Å². The number of alkyl halides is 3. The van der Waals surface area contributed by atoms with Crippen LogP contribution in [0.5, 0.6) is 0 Å². The number of hydrogen-bond donors (Lipinski definition) is 8. The summed E-state index contributed by atoms with van der Waals surface area (Å²) in [4.78, 5) is 27.1. The highest BCUT2D eigenvalue weighted by Gasteiger charge is 2.38. The molecule has 0 saturated heterocycles. The van der Waals surface area contributed by atoms with Crippen LogP contribution in [0.3, 0.4) is 0 Å². The van der Waals surface area contributed by atoms with Gasteiger partial charge in [0.2, 0.25) is 10.0 Å². The van der Waals surface area contributed by atoms with Crippen LogP contribution in [-0.4, -0.2) is 60.2 Å². The molecule has 0 aliphatic rings. The summed E-state index contributed by atoms with van der Waals surface area (Å²) in [6, 6.07) is 4.16. The van der Waals surface area contributed by atoms with E-state index in [9.17, 15) is 26.4 Å². The Morgan fingerprint density at radius 2 is 1.64 bits per heavy atom. The second-order valence-corrected chi connectivity index (χ2v) is 8.15. The number of carboxylic acids is 2. The summed E-state index contributed by atoms with van der Waals surface area (Å²) in [6.07, 6.45) is -4.07. The van der Waals surface area contributed by atoms with Gasteiger partial charge in [0.1, 0.15) is 0 Å². The number of carboxylic acid groups (broad SMARTS) is 2. The van der Waals surface area contributed by atoms with Crippen molar-refractivity contribution in [2.45, 2.75) is 17.5 Å². The maximum absolute atomic E-state index is 12.2. The number of aromatic nitrogens is 1. The molecule has 36 heavy (non-hydrogen) atoms. The van der Waals surface area contributed by atoms with Gasteiger partial charge in [-0.2, -0.15) is 18.2 Å². The lowest BCUT2D eigenvalue weighted by molar-refractivity contribution is -0.192. The minimum atomic E-state index is -5.08. The third-order valence-corrected chi connectivity index (χ3v) is 4.97. The van der Waals surface area contributed by atoms with Crippen molar-refractivity contribution in [3.05, 3.63) is 29.4 Å². The number of nitrogens with one attached hydrogen (secondary N) is 2. The van der Waals surface area contributed by atoms with Gasteiger partial charge in [-0.25, -0.2) is 22.9 Å². The summed E-state index contributed by atoms with van der Waals surface area (Å²) in [7, 11) is -3.90. The smallest absolute Gasteiger partial charge is 0.481 e. The van der Waals surface area contributed by atoms with Gasteiger partial charge >= 0.3 is 18.1 Å². The molecule has 1 aromatic carbocycles. The van der Waals surface area contributed by atoms with Crippen molar-refractivity contribution < 1.29 is 41.4 Å². The van der Waals surface area contributed by atoms with Gasteiger partial charge < -0.3 is 33.1 Å². The topological polar surface area (TPSA) is 274 Å². The van der Waals surface area contributed by atoms with Gasteiger partial charge in [-0.1, -0.05) is 17.7 Å². The molecule has 0 bridgehead atoms. The molecule has 14 nitrogen and oxygen atoms in total. The van der Waals surface area contributed by atoms with Crippen molar-refractivity contribution in [3.63, 3.8) is 0 Å². The minimum Gasteiger partial charge on any atom is -0.481 e. The predicted octanol–water partition coefficient (Wildman–Crippen LogP) is 0.440. The molecule has 1 heterocycles. The molecule has 0 saturated carbocycles. The molecule has 20 heteroatoms. The fraction of sp³-hybridized carbons (Fsp3) is 0.188. The molecule has 0 amide bonds. The summed E-state index contributed by atoms with van der Waals surface area (Å²) < 4.78 is 58.4. The molecule has 12 N–H and O–H groups in total. The highest BCUT2D eigenvalue weighted by atomic mass is 35.5. The number of halogens is 5. The van der Waals surface area contributed by atoms with Crippen molar-refractivity contribution in [2.24, 2.45) is 27.9 Å². The summed E-state index contributed by atoms with van der Waals surface area (Å²) >= 11 is 6.05. The van der Waals surface area contributed by atoms with Gasteiger partial charge in [0.15, 0.2) is 17.7 Å². The standard InChI is InChI=1S/C13H14ClN5O4S.C2HF3O2.CH5N3.ClH/c14-10-6-17-12(19-13(15)16)9-5-7(1-2-8(9)10)24(22,23)18-4-3-11(20)21;3-2(4,5)1(6)7;2-1(3)4;/h1-2,5-6,18H,3-4H2,(H,20,21)(H4,15,16,17,19);(H,6,7);(H5,2,3,4);1H. The Kier molecular flexibility index (Phi) is 14.1. The maximum atomic E-state index is 12.2. The molecule has 202 valence electrons. The molecule has 0 aliphatic carbocycles. The summed E-state index contributed by atoms with van der Waals surface area (Å²) in [5.41, 5.74) is 19.6. The summed E-state index contributed by atoms with van der Waals surface area (Å²) in [6.45, 7) is -0.232. The zero-order chi connectivity index (χ0) is 27.6. The molecule has 0 radical (unpaired) electrons. The van der Waals surface area contributed by atoms with Gasteiger partial charge in [0, 0.05) is 23.5 Å². The number of nitrogens with two attached hydrogens (primary N) is 4. The molecular formula is C16H21Cl2F3N8O6S. The van der Waals surface area contributed by atoms with E-state index in [0.717, 1.165) is 0 Å². The Hall–Kier alpha value is -3.61. The van der Waals surface area contributed by atoms with Crippen LogP contribution in [0.4, 0.5) is 19.0 Å². The fourth-order valence-corrected chi connectivity index (χ4v) is 3.20. The van der Waals surface area contributed by atoms with E-state index in [1.165, 1.54) is 24.4 Å². The SMILES string of the molecule is Cl.N=C(N)N.NC(N)=Nc1ncc(Cl)c2ccc(S(=O)(=O)NCCC(=O)O)cc12.O=C(O)C(F)(F)F. The molecule has 0 atom stereocenters. The average molecular weight is 581 g/mol. The van der Waals surface area contributed by atoms with Crippen LogP contribution in [0.25, 0.3) is 10.8 Å². The van der Waals surface area contributed by atoms with Gasteiger partial charge in [-0.3, -0.25) is 10.2 Å². The first-order chi connectivity index (χ1) is 15.9. The van der Waals surface area contributed by atoms with E-state index in [2.05, 4.69) is 26.2 Å². The third kappa shape index (κ3) is 12.7. The molecule has 2 rings (SSSR count). The molecule has 1 aromatic heterocycles. The normalized spacial score (nSPS) is 10.4. The number of sulfonamides is 1. The number of hydrogen-bond acceptors (Lipinski definition) is 7. The van der Waals surface area contributed by atoms with E-state index in [1.54, 1.807) is 0 Å². The lowest BCUT2D eigenvalue weighted by Gasteiger charge is -2.09. The Bertz CT molecular complexity index is 1220. The van der Waals surface area contributed by atoms with Gasteiger partial charge in [-0.15, -0.1) is 12.4 Å². The number of aliphatic imine (C=N–C) groups is 1. The second kappa shape index (κ2) is 14.7. The van der Waals surface area contributed by atoms with Gasteiger partial charge in [-0.05, 0) is 12.1 Å². The molecular weight excluding hydrogens is 560 g/mol. The van der Waals surface area contributed by atoms with Crippen molar-refractivity contribution in [1.82, 2.24) is 9.71 Å². The van der Waals surface area contributed by atoms with E-state index in [-0.39, 0.29) is 48.0 Å². The van der Waals surface area contributed by atoms with Crippen LogP contribution in [0.1, 0.15) is 6.42 Å². The number of guanidine groups is 2. The number of rotatable bonds is 6. The van der Waals surface area contributed by atoms with Gasteiger partial charge in [0.05, 0.1) is 16.3 Å². The van der Waals surface area contributed by atoms with Crippen LogP contribution in [0, 0.1) is 5.41 Å². The van der Waals surface area contributed by atoms with Crippen LogP contribution in [-0.2, 0) is 19.6 Å². The maximum Gasteiger partial charge on any atom is 0.490 e. The Balaban J connectivity index is 0. The number of aliphatic carboxylic acids is 2. The van der Waals surface area contributed by atoms with Crippen LogP contribution < -0.4 is 27.7 Å². The Morgan fingerprint density at radius 1 is 1.14 bits per heavy atom. The molecule has 0 fully saturated rings. The fourth-order valence-electron chi connectivity index (χ4n) is 1.93. The van der Waals surface area contributed by atoms with Crippen molar-refractivity contribution in [1.29, 1.82) is 5.41 Å². The third-order valence-electron chi connectivity index (χ3n) is 3.21. The molecule has 0 unspecified atom stereocenters. The van der Waals surface area contributed by atoms with E-state index in [4.69, 9.17) is 43.5 Å². The van der Waals surface area contributed by atoms with Gasteiger partial charge in [0.25, 0.3) is 0 Å². The average Bonchev–Trinajstić information content (AvgIpc) is 2.68. The second-order valence-electron chi connectivity index (χ2n) is 5.97. The molecule has 0 aliphatic heterocycles. The summed E-state index contributed by atoms with van der Waals surface area (Å²) in [5.74, 6) is -4.31. The number of benzene rings is 1. The van der Waals surface area contributed by atoms with E-state index < -0.39 is 28.1 Å². The monoisotopic (exact) mass is 580 g/mol. The predicted molar refractivity (Wildman–Crippen MR) is 127 cm³/mol. The van der Waals surface area contributed by atoms with E-state index in [0.29, 0.717) is 15.8 Å². The highest BCUT2D eigenvalue weighted by molar-refractivity contribution is 7.89. The Morgan fingerprint density at radius 3 is 2.06 bits per heavy atom. The number of fused-ring (bicyclic) bond motifs is 1. The van der Waals surface area contributed by atoms with Crippen molar-refractivity contribution >= 4 is 74.5 Å².